The van der Waals surface area contributed by atoms with Gasteiger partial charge in [0, 0.05) is 7.11 Å². The molecule has 0 saturated heterocycles. The minimum Gasteiger partial charge on any atom is -0.375 e. The Balaban J connectivity index is 2.24. The van der Waals surface area contributed by atoms with E-state index in [-0.39, 0.29) is 12.5 Å². The van der Waals surface area contributed by atoms with Gasteiger partial charge in [0.1, 0.15) is 12.9 Å². The van der Waals surface area contributed by atoms with E-state index in [9.17, 15) is 4.79 Å². The van der Waals surface area contributed by atoms with Crippen molar-refractivity contribution in [3.05, 3.63) is 29.5 Å². The fourth-order valence-electron chi connectivity index (χ4n) is 1.35. The third kappa shape index (κ3) is 2.82. The number of methoxy groups -OCH3 is 1. The number of anilines is 1. The van der Waals surface area contributed by atoms with Crippen molar-refractivity contribution in [1.82, 2.24) is 20.2 Å². The van der Waals surface area contributed by atoms with Gasteiger partial charge in [-0.25, -0.2) is 4.68 Å². The lowest BCUT2D eigenvalue weighted by molar-refractivity contribution is -0.119. The van der Waals surface area contributed by atoms with Gasteiger partial charge in [0.05, 0.1) is 16.4 Å². The highest BCUT2D eigenvalue weighted by atomic mass is 35.5. The third-order valence-corrected chi connectivity index (χ3v) is 2.44. The highest BCUT2D eigenvalue weighted by molar-refractivity contribution is 6.33. The summed E-state index contributed by atoms with van der Waals surface area (Å²) in [5.74, 6) is -0.284. The summed E-state index contributed by atoms with van der Waals surface area (Å²) < 4.78 is 6.19. The quantitative estimate of drug-likeness (QED) is 0.890. The van der Waals surface area contributed by atoms with Crippen LogP contribution in [0.3, 0.4) is 0 Å². The first-order valence-corrected chi connectivity index (χ1v) is 5.40. The number of amides is 1. The van der Waals surface area contributed by atoms with Crippen LogP contribution in [0.1, 0.15) is 0 Å². The Kier molecular flexibility index (Phi) is 3.85. The lowest BCUT2D eigenvalue weighted by Crippen LogP contribution is -2.17. The van der Waals surface area contributed by atoms with Gasteiger partial charge in [-0.05, 0) is 28.6 Å². The van der Waals surface area contributed by atoms with E-state index in [4.69, 9.17) is 16.3 Å². The molecule has 0 saturated carbocycles. The second-order valence-electron chi connectivity index (χ2n) is 3.40. The number of ether oxygens (including phenoxy) is 1. The fourth-order valence-corrected chi connectivity index (χ4v) is 1.51. The monoisotopic (exact) mass is 267 g/mol. The largest absolute Gasteiger partial charge is 0.375 e. The van der Waals surface area contributed by atoms with E-state index < -0.39 is 0 Å². The number of rotatable bonds is 4. The summed E-state index contributed by atoms with van der Waals surface area (Å²) in [6.45, 7) is -0.0363. The average molecular weight is 268 g/mol. The van der Waals surface area contributed by atoms with Gasteiger partial charge in [-0.1, -0.05) is 11.6 Å². The van der Waals surface area contributed by atoms with Crippen molar-refractivity contribution >= 4 is 23.2 Å². The van der Waals surface area contributed by atoms with E-state index in [1.165, 1.54) is 18.1 Å². The summed E-state index contributed by atoms with van der Waals surface area (Å²) in [6.07, 6.45) is 1.45. The standard InChI is InChI=1S/C10H10ClN5O2/c1-18-5-10(17)13-9-4-7(2-3-8(9)11)16-6-12-14-15-16/h2-4,6H,5H2,1H3,(H,13,17). The summed E-state index contributed by atoms with van der Waals surface area (Å²) in [4.78, 5) is 11.4. The van der Waals surface area contributed by atoms with Gasteiger partial charge in [0.2, 0.25) is 5.91 Å². The van der Waals surface area contributed by atoms with Crippen LogP contribution in [0.5, 0.6) is 0 Å². The molecule has 1 aromatic heterocycles. The van der Waals surface area contributed by atoms with Crippen molar-refractivity contribution in [2.24, 2.45) is 0 Å². The zero-order valence-electron chi connectivity index (χ0n) is 9.50. The molecule has 1 N–H and O–H groups in total. The zero-order chi connectivity index (χ0) is 13.0. The summed E-state index contributed by atoms with van der Waals surface area (Å²) in [6, 6.07) is 5.07. The predicted molar refractivity (Wildman–Crippen MR) is 64.7 cm³/mol. The molecular formula is C10H10ClN5O2. The van der Waals surface area contributed by atoms with Crippen molar-refractivity contribution in [2.75, 3.05) is 19.0 Å². The van der Waals surface area contributed by atoms with Gasteiger partial charge < -0.3 is 10.1 Å². The molecular weight excluding hydrogens is 258 g/mol. The lowest BCUT2D eigenvalue weighted by Gasteiger charge is -2.08. The summed E-state index contributed by atoms with van der Waals surface area (Å²) in [5, 5.41) is 13.9. The molecule has 0 spiro atoms. The Morgan fingerprint density at radius 2 is 2.39 bits per heavy atom. The predicted octanol–water partition coefficient (Wildman–Crippen LogP) is 0.901. The van der Waals surface area contributed by atoms with Gasteiger partial charge in [-0.15, -0.1) is 5.10 Å². The van der Waals surface area contributed by atoms with Crippen molar-refractivity contribution < 1.29 is 9.53 Å². The maximum absolute atomic E-state index is 11.4. The topological polar surface area (TPSA) is 81.9 Å². The van der Waals surface area contributed by atoms with Gasteiger partial charge >= 0.3 is 0 Å². The van der Waals surface area contributed by atoms with Crippen molar-refractivity contribution in [2.45, 2.75) is 0 Å². The molecule has 8 heteroatoms. The number of carbonyl (C=O) groups is 1. The van der Waals surface area contributed by atoms with Crippen LogP contribution in [-0.4, -0.2) is 39.8 Å². The van der Waals surface area contributed by atoms with Crippen LogP contribution in [0, 0.1) is 0 Å². The van der Waals surface area contributed by atoms with E-state index in [0.29, 0.717) is 16.4 Å². The Morgan fingerprint density at radius 3 is 3.06 bits per heavy atom. The minimum absolute atomic E-state index is 0.0363. The second kappa shape index (κ2) is 5.56. The molecule has 0 radical (unpaired) electrons. The highest BCUT2D eigenvalue weighted by Gasteiger charge is 2.08. The number of benzene rings is 1. The molecule has 1 aromatic carbocycles. The number of tetrazole rings is 1. The van der Waals surface area contributed by atoms with Gasteiger partial charge in [0.25, 0.3) is 0 Å². The Hall–Kier alpha value is -1.99. The number of hydrogen-bond donors (Lipinski definition) is 1. The van der Waals surface area contributed by atoms with Crippen LogP contribution in [-0.2, 0) is 9.53 Å². The van der Waals surface area contributed by atoms with E-state index in [1.54, 1.807) is 18.2 Å². The molecule has 2 rings (SSSR count). The third-order valence-electron chi connectivity index (χ3n) is 2.11. The molecule has 0 atom stereocenters. The maximum atomic E-state index is 11.4. The van der Waals surface area contributed by atoms with Gasteiger partial charge in [0.15, 0.2) is 0 Å². The maximum Gasteiger partial charge on any atom is 0.250 e. The van der Waals surface area contributed by atoms with Crippen LogP contribution in [0.2, 0.25) is 5.02 Å². The lowest BCUT2D eigenvalue weighted by atomic mass is 10.2. The van der Waals surface area contributed by atoms with E-state index in [0.717, 1.165) is 0 Å². The summed E-state index contributed by atoms with van der Waals surface area (Å²) in [5.41, 5.74) is 1.17. The number of nitrogens with one attached hydrogen (secondary N) is 1. The smallest absolute Gasteiger partial charge is 0.250 e. The molecule has 0 unspecified atom stereocenters. The first-order valence-electron chi connectivity index (χ1n) is 5.02. The van der Waals surface area contributed by atoms with Crippen LogP contribution in [0.15, 0.2) is 24.5 Å². The molecule has 18 heavy (non-hydrogen) atoms. The second-order valence-corrected chi connectivity index (χ2v) is 3.81. The Morgan fingerprint density at radius 1 is 1.56 bits per heavy atom. The normalized spacial score (nSPS) is 10.3. The van der Waals surface area contributed by atoms with Crippen LogP contribution < -0.4 is 5.32 Å². The molecule has 7 nitrogen and oxygen atoms in total. The van der Waals surface area contributed by atoms with Crippen molar-refractivity contribution in [3.63, 3.8) is 0 Å². The van der Waals surface area contributed by atoms with Crippen molar-refractivity contribution in [3.8, 4) is 5.69 Å². The number of hydrogen-bond acceptors (Lipinski definition) is 5. The minimum atomic E-state index is -0.284. The fraction of sp³-hybridized carbons (Fsp3) is 0.200. The Bertz CT molecular complexity index is 543. The van der Waals surface area contributed by atoms with Crippen LogP contribution in [0.25, 0.3) is 5.69 Å². The summed E-state index contributed by atoms with van der Waals surface area (Å²) in [7, 11) is 1.44. The Labute approximate surface area is 108 Å². The number of aromatic nitrogens is 4. The number of carbonyl (C=O) groups excluding carboxylic acids is 1. The van der Waals surface area contributed by atoms with E-state index in [1.807, 2.05) is 0 Å². The number of halogens is 1. The number of nitrogens with zero attached hydrogens (tertiary/aromatic N) is 4. The van der Waals surface area contributed by atoms with Gasteiger partial charge in [-0.3, -0.25) is 4.79 Å². The van der Waals surface area contributed by atoms with E-state index in [2.05, 4.69) is 20.8 Å². The first kappa shape index (κ1) is 12.5. The molecule has 0 fully saturated rings. The molecule has 0 aliphatic heterocycles. The molecule has 1 heterocycles. The van der Waals surface area contributed by atoms with E-state index >= 15 is 0 Å². The zero-order valence-corrected chi connectivity index (χ0v) is 10.3. The van der Waals surface area contributed by atoms with Crippen LogP contribution >= 0.6 is 11.6 Å². The highest BCUT2D eigenvalue weighted by Crippen LogP contribution is 2.24. The van der Waals surface area contributed by atoms with Crippen LogP contribution in [0.4, 0.5) is 5.69 Å². The van der Waals surface area contributed by atoms with Gasteiger partial charge in [-0.2, -0.15) is 0 Å². The van der Waals surface area contributed by atoms with Crippen molar-refractivity contribution in [1.29, 1.82) is 0 Å². The SMILES string of the molecule is COCC(=O)Nc1cc(-n2cnnn2)ccc1Cl. The molecule has 0 aliphatic rings. The molecule has 2 aromatic rings. The molecule has 0 aliphatic carbocycles. The first-order chi connectivity index (χ1) is 8.70. The molecule has 1 amide bonds. The average Bonchev–Trinajstić information content (AvgIpc) is 2.86. The summed E-state index contributed by atoms with van der Waals surface area (Å²) >= 11 is 5.99. The molecule has 0 bridgehead atoms. The molecule has 94 valence electrons.